The van der Waals surface area contributed by atoms with Crippen molar-refractivity contribution in [3.05, 3.63) is 0 Å². The Balaban J connectivity index is 2.38. The molecule has 0 aromatic rings. The lowest BCUT2D eigenvalue weighted by molar-refractivity contribution is 0.0488. The van der Waals surface area contributed by atoms with Gasteiger partial charge in [0.05, 0.1) is 0 Å². The van der Waals surface area contributed by atoms with Gasteiger partial charge in [0.15, 0.2) is 0 Å². The van der Waals surface area contributed by atoms with Crippen molar-refractivity contribution in [1.82, 2.24) is 0 Å². The maximum Gasteiger partial charge on any atom is -0.0269 e. The third kappa shape index (κ3) is 8.39. The Bertz CT molecular complexity index is 264. The Labute approximate surface area is 154 Å². The van der Waals surface area contributed by atoms with E-state index in [9.17, 15) is 0 Å². The molecule has 0 bridgehead atoms. The summed E-state index contributed by atoms with van der Waals surface area (Å²) in [4.78, 5) is 0. The molecule has 1 aliphatic carbocycles. The van der Waals surface area contributed by atoms with Crippen molar-refractivity contribution in [2.24, 2.45) is 17.3 Å². The van der Waals surface area contributed by atoms with Crippen LogP contribution in [0.1, 0.15) is 137 Å². The van der Waals surface area contributed by atoms with Crippen LogP contribution in [-0.2, 0) is 0 Å². The number of hydrogen-bond acceptors (Lipinski definition) is 0. The highest BCUT2D eigenvalue weighted by atomic mass is 14.4. The van der Waals surface area contributed by atoms with Crippen molar-refractivity contribution in [1.29, 1.82) is 0 Å². The molecule has 1 aliphatic rings. The van der Waals surface area contributed by atoms with E-state index < -0.39 is 0 Å². The molecule has 1 saturated carbocycles. The van der Waals surface area contributed by atoms with Gasteiger partial charge < -0.3 is 0 Å². The minimum Gasteiger partial charge on any atom is -0.0654 e. The minimum absolute atomic E-state index is 0.702. The first-order valence-corrected chi connectivity index (χ1v) is 11.6. The Morgan fingerprint density at radius 2 is 1.08 bits per heavy atom. The van der Waals surface area contributed by atoms with Crippen molar-refractivity contribution >= 4 is 0 Å². The average Bonchev–Trinajstić information content (AvgIpc) is 2.57. The van der Waals surface area contributed by atoms with E-state index in [1.807, 2.05) is 0 Å². The summed E-state index contributed by atoms with van der Waals surface area (Å²) in [7, 11) is 0. The van der Waals surface area contributed by atoms with E-state index in [1.165, 1.54) is 109 Å². The number of hydrogen-bond donors (Lipinski definition) is 0. The van der Waals surface area contributed by atoms with Crippen molar-refractivity contribution in [2.75, 3.05) is 0 Å². The summed E-state index contributed by atoms with van der Waals surface area (Å²) in [5.74, 6) is 1.95. The van der Waals surface area contributed by atoms with Gasteiger partial charge in [-0.1, -0.05) is 111 Å². The molecule has 1 rings (SSSR count). The second kappa shape index (κ2) is 13.2. The Hall–Kier alpha value is 0. The molecule has 0 aliphatic heterocycles. The Morgan fingerprint density at radius 1 is 0.625 bits per heavy atom. The summed E-state index contributed by atoms with van der Waals surface area (Å²) in [5, 5.41) is 0. The quantitative estimate of drug-likeness (QED) is 0.278. The van der Waals surface area contributed by atoms with Gasteiger partial charge in [-0.2, -0.15) is 0 Å². The highest BCUT2D eigenvalue weighted by Gasteiger charge is 2.39. The smallest absolute Gasteiger partial charge is 0.0269 e. The molecule has 0 spiro atoms. The predicted octanol–water partition coefficient (Wildman–Crippen LogP) is 8.93. The maximum atomic E-state index is 2.58. The maximum absolute atomic E-state index is 2.58. The molecule has 24 heavy (non-hydrogen) atoms. The molecule has 0 heterocycles. The van der Waals surface area contributed by atoms with E-state index in [0.29, 0.717) is 5.41 Å². The van der Waals surface area contributed by atoms with E-state index in [0.717, 1.165) is 11.8 Å². The molecule has 0 heteroatoms. The summed E-state index contributed by atoms with van der Waals surface area (Å²) >= 11 is 0. The third-order valence-electron chi connectivity index (χ3n) is 6.95. The van der Waals surface area contributed by atoms with Crippen LogP contribution in [0.15, 0.2) is 0 Å². The third-order valence-corrected chi connectivity index (χ3v) is 6.95. The lowest BCUT2D eigenvalue weighted by atomic mass is 9.59. The normalized spacial score (nSPS) is 23.5. The highest BCUT2D eigenvalue weighted by Crippen LogP contribution is 2.50. The van der Waals surface area contributed by atoms with E-state index in [-0.39, 0.29) is 0 Å². The van der Waals surface area contributed by atoms with Gasteiger partial charge in [-0.15, -0.1) is 0 Å². The molecule has 2 atom stereocenters. The molecule has 2 unspecified atom stereocenters. The van der Waals surface area contributed by atoms with Gasteiger partial charge in [-0.25, -0.2) is 0 Å². The van der Waals surface area contributed by atoms with Crippen molar-refractivity contribution in [3.8, 4) is 0 Å². The highest BCUT2D eigenvalue weighted by molar-refractivity contribution is 4.90. The van der Waals surface area contributed by atoms with Gasteiger partial charge in [0.1, 0.15) is 0 Å². The van der Waals surface area contributed by atoms with Gasteiger partial charge in [-0.05, 0) is 42.9 Å². The summed E-state index contributed by atoms with van der Waals surface area (Å²) in [6.07, 6.45) is 25.0. The van der Waals surface area contributed by atoms with Crippen LogP contribution in [0.5, 0.6) is 0 Å². The average molecular weight is 337 g/mol. The van der Waals surface area contributed by atoms with Gasteiger partial charge in [-0.3, -0.25) is 0 Å². The molecular formula is C24H48. The first-order valence-electron chi connectivity index (χ1n) is 11.6. The lowest BCUT2D eigenvalue weighted by Crippen LogP contribution is -2.35. The van der Waals surface area contributed by atoms with Gasteiger partial charge >= 0.3 is 0 Å². The molecule has 0 amide bonds. The molecule has 0 aromatic carbocycles. The second-order valence-corrected chi connectivity index (χ2v) is 9.19. The van der Waals surface area contributed by atoms with Crippen LogP contribution in [0.25, 0.3) is 0 Å². The fourth-order valence-electron chi connectivity index (χ4n) is 5.17. The van der Waals surface area contributed by atoms with Gasteiger partial charge in [0, 0.05) is 0 Å². The van der Waals surface area contributed by atoms with Crippen LogP contribution >= 0.6 is 0 Å². The van der Waals surface area contributed by atoms with E-state index >= 15 is 0 Å². The van der Waals surface area contributed by atoms with Crippen molar-refractivity contribution in [3.63, 3.8) is 0 Å². The standard InChI is InChI=1S/C24H48/c1-5-7-9-11-13-15-19-24(20-16-14-12-10-8-6-2)21-22(3)17-18-23(24)4/h22-23H,5-21H2,1-4H3. The molecule has 0 nitrogen and oxygen atoms in total. The predicted molar refractivity (Wildman–Crippen MR) is 111 cm³/mol. The van der Waals surface area contributed by atoms with E-state index in [4.69, 9.17) is 0 Å². The van der Waals surface area contributed by atoms with Gasteiger partial charge in [0.2, 0.25) is 0 Å². The summed E-state index contributed by atoms with van der Waals surface area (Å²) in [6.45, 7) is 9.74. The number of unbranched alkanes of at least 4 members (excludes halogenated alkanes) is 10. The minimum atomic E-state index is 0.702. The first kappa shape index (κ1) is 22.0. The van der Waals surface area contributed by atoms with Crippen LogP contribution in [-0.4, -0.2) is 0 Å². The molecule has 0 N–H and O–H groups in total. The Kier molecular flexibility index (Phi) is 12.2. The largest absolute Gasteiger partial charge is 0.0654 e. The topological polar surface area (TPSA) is 0 Å². The molecule has 0 saturated heterocycles. The fourth-order valence-corrected chi connectivity index (χ4v) is 5.17. The van der Waals surface area contributed by atoms with Crippen LogP contribution in [0.3, 0.4) is 0 Å². The van der Waals surface area contributed by atoms with Crippen LogP contribution < -0.4 is 0 Å². The second-order valence-electron chi connectivity index (χ2n) is 9.19. The van der Waals surface area contributed by atoms with Crippen LogP contribution in [0.4, 0.5) is 0 Å². The van der Waals surface area contributed by atoms with E-state index in [1.54, 1.807) is 0 Å². The molecule has 0 aromatic heterocycles. The Morgan fingerprint density at radius 3 is 1.58 bits per heavy atom. The zero-order valence-corrected chi connectivity index (χ0v) is 17.7. The van der Waals surface area contributed by atoms with E-state index in [2.05, 4.69) is 27.7 Å². The van der Waals surface area contributed by atoms with Gasteiger partial charge in [0.25, 0.3) is 0 Å². The van der Waals surface area contributed by atoms with Crippen LogP contribution in [0.2, 0.25) is 0 Å². The van der Waals surface area contributed by atoms with Crippen molar-refractivity contribution < 1.29 is 0 Å². The molecular weight excluding hydrogens is 288 g/mol. The summed E-state index contributed by atoms with van der Waals surface area (Å²) in [5.41, 5.74) is 0.702. The monoisotopic (exact) mass is 336 g/mol. The van der Waals surface area contributed by atoms with Crippen LogP contribution in [0, 0.1) is 17.3 Å². The number of rotatable bonds is 14. The summed E-state index contributed by atoms with van der Waals surface area (Å²) < 4.78 is 0. The zero-order chi connectivity index (χ0) is 17.7. The SMILES string of the molecule is CCCCCCCCC1(CCCCCCCC)CC(C)CCC1C. The zero-order valence-electron chi connectivity index (χ0n) is 17.7. The molecule has 0 radical (unpaired) electrons. The summed E-state index contributed by atoms with van der Waals surface area (Å²) in [6, 6.07) is 0. The fraction of sp³-hybridized carbons (Fsp3) is 1.00. The molecule has 1 fully saturated rings. The van der Waals surface area contributed by atoms with Crippen molar-refractivity contribution in [2.45, 2.75) is 137 Å². The lowest BCUT2D eigenvalue weighted by Gasteiger charge is -2.46. The first-order chi connectivity index (χ1) is 11.6. The molecule has 144 valence electrons.